The highest BCUT2D eigenvalue weighted by atomic mass is 35.5. The molecule has 4 heteroatoms. The van der Waals surface area contributed by atoms with E-state index in [0.29, 0.717) is 5.92 Å². The van der Waals surface area contributed by atoms with E-state index in [9.17, 15) is 4.79 Å². The van der Waals surface area contributed by atoms with E-state index in [1.165, 1.54) is 5.56 Å². The van der Waals surface area contributed by atoms with Crippen molar-refractivity contribution >= 4 is 17.6 Å². The largest absolute Gasteiger partial charge is 0.338 e. The summed E-state index contributed by atoms with van der Waals surface area (Å²) in [4.78, 5) is 14.1. The molecule has 1 saturated heterocycles. The average Bonchev–Trinajstić information content (AvgIpc) is 2.86. The molecule has 0 radical (unpaired) electrons. The Labute approximate surface area is 119 Å². The Hall–Kier alpha value is -1.22. The van der Waals surface area contributed by atoms with Crippen molar-refractivity contribution in [1.82, 2.24) is 10.2 Å². The van der Waals surface area contributed by atoms with Crippen molar-refractivity contribution in [1.29, 1.82) is 0 Å². The average molecular weight is 281 g/mol. The summed E-state index contributed by atoms with van der Waals surface area (Å²) in [6.45, 7) is 5.75. The molecule has 2 rings (SSSR count). The van der Waals surface area contributed by atoms with E-state index in [4.69, 9.17) is 11.6 Å². The second-order valence-electron chi connectivity index (χ2n) is 5.48. The normalized spacial score (nSPS) is 18.9. The van der Waals surface area contributed by atoms with Gasteiger partial charge in [0.05, 0.1) is 6.04 Å². The molecule has 3 nitrogen and oxygen atoms in total. The van der Waals surface area contributed by atoms with Crippen LogP contribution >= 0.6 is 11.6 Å². The van der Waals surface area contributed by atoms with E-state index in [1.807, 2.05) is 29.2 Å². The fraction of sp³-hybridized carbons (Fsp3) is 0.533. The van der Waals surface area contributed by atoms with E-state index < -0.39 is 0 Å². The minimum atomic E-state index is 0.0474. The number of urea groups is 1. The van der Waals surface area contributed by atoms with Crippen LogP contribution in [0.1, 0.15) is 38.3 Å². The zero-order chi connectivity index (χ0) is 13.8. The lowest BCUT2D eigenvalue weighted by Crippen LogP contribution is -2.40. The highest BCUT2D eigenvalue weighted by Crippen LogP contribution is 2.32. The van der Waals surface area contributed by atoms with Crippen LogP contribution in [0.3, 0.4) is 0 Å². The topological polar surface area (TPSA) is 32.3 Å². The fourth-order valence-electron chi connectivity index (χ4n) is 2.43. The summed E-state index contributed by atoms with van der Waals surface area (Å²) in [6.07, 6.45) is 2.08. The van der Waals surface area contributed by atoms with Gasteiger partial charge in [-0.25, -0.2) is 4.79 Å². The Morgan fingerprint density at radius 3 is 2.74 bits per heavy atom. The Morgan fingerprint density at radius 2 is 2.11 bits per heavy atom. The number of nitrogens with zero attached hydrogens (tertiary/aromatic N) is 1. The van der Waals surface area contributed by atoms with Crippen LogP contribution in [0, 0.1) is 5.92 Å². The number of hydrogen-bond donors (Lipinski definition) is 1. The van der Waals surface area contributed by atoms with Crippen molar-refractivity contribution in [3.8, 4) is 0 Å². The molecule has 104 valence electrons. The minimum absolute atomic E-state index is 0.0474. The monoisotopic (exact) mass is 280 g/mol. The number of benzene rings is 1. The van der Waals surface area contributed by atoms with Gasteiger partial charge in [0.1, 0.15) is 0 Å². The summed E-state index contributed by atoms with van der Waals surface area (Å²) in [5.74, 6) is 0.473. The first kappa shape index (κ1) is 14.2. The van der Waals surface area contributed by atoms with Crippen LogP contribution in [0.4, 0.5) is 4.79 Å². The van der Waals surface area contributed by atoms with Gasteiger partial charge in [0.25, 0.3) is 0 Å². The summed E-state index contributed by atoms with van der Waals surface area (Å²) < 4.78 is 0. The lowest BCUT2D eigenvalue weighted by molar-refractivity contribution is 0.192. The maximum atomic E-state index is 12.2. The maximum absolute atomic E-state index is 12.2. The van der Waals surface area contributed by atoms with Gasteiger partial charge < -0.3 is 10.2 Å². The molecule has 1 aromatic carbocycles. The van der Waals surface area contributed by atoms with Gasteiger partial charge in [0.15, 0.2) is 0 Å². The molecule has 1 atom stereocenters. The highest BCUT2D eigenvalue weighted by molar-refractivity contribution is 6.30. The lowest BCUT2D eigenvalue weighted by atomic mass is 10.1. The number of rotatable bonds is 3. The first-order valence-electron chi connectivity index (χ1n) is 6.88. The Kier molecular flexibility index (Phi) is 4.70. The predicted octanol–water partition coefficient (Wildman–Crippen LogP) is 3.84. The van der Waals surface area contributed by atoms with E-state index in [2.05, 4.69) is 19.2 Å². The van der Waals surface area contributed by atoms with Crippen LogP contribution in [0.25, 0.3) is 0 Å². The summed E-state index contributed by atoms with van der Waals surface area (Å²) in [5.41, 5.74) is 1.17. The lowest BCUT2D eigenvalue weighted by Gasteiger charge is -2.25. The third-order valence-electron chi connectivity index (χ3n) is 3.43. The van der Waals surface area contributed by atoms with E-state index in [-0.39, 0.29) is 12.1 Å². The van der Waals surface area contributed by atoms with E-state index in [1.54, 1.807) is 0 Å². The third-order valence-corrected chi connectivity index (χ3v) is 3.68. The number of likely N-dealkylation sites (tertiary alicyclic amines) is 1. The fourth-order valence-corrected chi connectivity index (χ4v) is 2.56. The smallest absolute Gasteiger partial charge is 0.317 e. The SMILES string of the molecule is CC(C)CNC(=O)N1CCC[C@H]1c1ccc(Cl)cc1. The standard InChI is InChI=1S/C15H21ClN2O/c1-11(2)10-17-15(19)18-9-3-4-14(18)12-5-7-13(16)8-6-12/h5-8,11,14H,3-4,9-10H2,1-2H3,(H,17,19)/t14-/m0/s1. The molecule has 0 aromatic heterocycles. The molecule has 0 aliphatic carbocycles. The van der Waals surface area contributed by atoms with Crippen molar-refractivity contribution in [3.05, 3.63) is 34.9 Å². The zero-order valence-electron chi connectivity index (χ0n) is 11.5. The Morgan fingerprint density at radius 1 is 1.42 bits per heavy atom. The highest BCUT2D eigenvalue weighted by Gasteiger charge is 2.29. The third kappa shape index (κ3) is 3.63. The van der Waals surface area contributed by atoms with Gasteiger partial charge in [-0.2, -0.15) is 0 Å². The van der Waals surface area contributed by atoms with Crippen LogP contribution in [0.5, 0.6) is 0 Å². The van der Waals surface area contributed by atoms with Crippen LogP contribution in [-0.2, 0) is 0 Å². The molecule has 1 aromatic rings. The molecule has 2 amide bonds. The van der Waals surface area contributed by atoms with Gasteiger partial charge in [0.2, 0.25) is 0 Å². The molecule has 0 saturated carbocycles. The second-order valence-corrected chi connectivity index (χ2v) is 5.92. The van der Waals surface area contributed by atoms with Crippen LogP contribution in [-0.4, -0.2) is 24.0 Å². The van der Waals surface area contributed by atoms with Crippen molar-refractivity contribution in [2.24, 2.45) is 5.92 Å². The number of carbonyl (C=O) groups is 1. The summed E-state index contributed by atoms with van der Waals surface area (Å²) in [5, 5.41) is 3.73. The van der Waals surface area contributed by atoms with Crippen molar-refractivity contribution in [3.63, 3.8) is 0 Å². The Bertz CT molecular complexity index is 430. The van der Waals surface area contributed by atoms with E-state index >= 15 is 0 Å². The number of nitrogens with one attached hydrogen (secondary N) is 1. The molecule has 1 heterocycles. The van der Waals surface area contributed by atoms with Gasteiger partial charge >= 0.3 is 6.03 Å². The van der Waals surface area contributed by atoms with Crippen LogP contribution in [0.15, 0.2) is 24.3 Å². The van der Waals surface area contributed by atoms with Gasteiger partial charge in [-0.1, -0.05) is 37.6 Å². The molecule has 19 heavy (non-hydrogen) atoms. The minimum Gasteiger partial charge on any atom is -0.338 e. The van der Waals surface area contributed by atoms with Crippen LogP contribution < -0.4 is 5.32 Å². The van der Waals surface area contributed by atoms with Gasteiger partial charge in [-0.05, 0) is 36.5 Å². The quantitative estimate of drug-likeness (QED) is 0.896. The molecule has 0 bridgehead atoms. The molecule has 1 aliphatic rings. The molecular formula is C15H21ClN2O. The summed E-state index contributed by atoms with van der Waals surface area (Å²) in [6, 6.07) is 8.04. The van der Waals surface area contributed by atoms with Gasteiger partial charge in [-0.15, -0.1) is 0 Å². The second kappa shape index (κ2) is 6.29. The first-order valence-corrected chi connectivity index (χ1v) is 7.25. The Balaban J connectivity index is 2.04. The van der Waals surface area contributed by atoms with Crippen molar-refractivity contribution in [2.75, 3.05) is 13.1 Å². The predicted molar refractivity (Wildman–Crippen MR) is 78.4 cm³/mol. The van der Waals surface area contributed by atoms with E-state index in [0.717, 1.165) is 31.0 Å². The molecule has 1 aliphatic heterocycles. The zero-order valence-corrected chi connectivity index (χ0v) is 12.3. The summed E-state index contributed by atoms with van der Waals surface area (Å²) >= 11 is 5.91. The number of carbonyl (C=O) groups excluding carboxylic acids is 1. The molecular weight excluding hydrogens is 260 g/mol. The van der Waals surface area contributed by atoms with Gasteiger partial charge in [0, 0.05) is 18.1 Å². The van der Waals surface area contributed by atoms with Crippen molar-refractivity contribution in [2.45, 2.75) is 32.7 Å². The molecule has 1 N–H and O–H groups in total. The number of amides is 2. The summed E-state index contributed by atoms with van der Waals surface area (Å²) in [7, 11) is 0. The maximum Gasteiger partial charge on any atom is 0.317 e. The number of hydrogen-bond acceptors (Lipinski definition) is 1. The van der Waals surface area contributed by atoms with Crippen LogP contribution in [0.2, 0.25) is 5.02 Å². The van der Waals surface area contributed by atoms with Crippen molar-refractivity contribution < 1.29 is 4.79 Å². The number of halogens is 1. The van der Waals surface area contributed by atoms with Gasteiger partial charge in [-0.3, -0.25) is 0 Å². The molecule has 0 unspecified atom stereocenters. The molecule has 0 spiro atoms. The first-order chi connectivity index (χ1) is 9.08. The molecule has 1 fully saturated rings.